The quantitative estimate of drug-likeness (QED) is 0.622. The van der Waals surface area contributed by atoms with E-state index in [-0.39, 0.29) is 5.91 Å². The van der Waals surface area contributed by atoms with E-state index in [1.807, 2.05) is 25.2 Å². The molecule has 0 unspecified atom stereocenters. The van der Waals surface area contributed by atoms with E-state index in [1.165, 1.54) is 24.8 Å². The van der Waals surface area contributed by atoms with Crippen LogP contribution >= 0.6 is 0 Å². The second kappa shape index (κ2) is 9.96. The highest BCUT2D eigenvalue weighted by atomic mass is 16.1. The van der Waals surface area contributed by atoms with E-state index in [0.717, 1.165) is 25.3 Å². The molecule has 1 fully saturated rings. The van der Waals surface area contributed by atoms with Crippen LogP contribution in [0.1, 0.15) is 44.1 Å². The minimum Gasteiger partial charge on any atom is -0.356 e. The molecule has 0 aromatic heterocycles. The molecule has 2 rings (SSSR count). The Morgan fingerprint density at radius 2 is 1.92 bits per heavy atom. The first-order valence-corrected chi connectivity index (χ1v) is 8.94. The fourth-order valence-corrected chi connectivity index (χ4v) is 3.15. The van der Waals surface area contributed by atoms with Crippen LogP contribution < -0.4 is 10.6 Å². The molecule has 1 aliphatic carbocycles. The Bertz CT molecular complexity index is 523. The largest absolute Gasteiger partial charge is 0.356 e. The summed E-state index contributed by atoms with van der Waals surface area (Å²) in [6, 6.07) is 10.7. The highest BCUT2D eigenvalue weighted by Gasteiger charge is 2.15. The van der Waals surface area contributed by atoms with Crippen LogP contribution in [0.5, 0.6) is 0 Å². The molecule has 5 heteroatoms. The Balaban J connectivity index is 1.69. The summed E-state index contributed by atoms with van der Waals surface area (Å²) < 4.78 is 0. The zero-order valence-corrected chi connectivity index (χ0v) is 14.9. The SMILES string of the molecule is CN=C(NCCC(=O)NC1CCCCC1)N(C)Cc1ccccc1. The van der Waals surface area contributed by atoms with Crippen LogP contribution in [0.2, 0.25) is 0 Å². The van der Waals surface area contributed by atoms with Crippen LogP contribution in [0.25, 0.3) is 0 Å². The lowest BCUT2D eigenvalue weighted by atomic mass is 9.95. The van der Waals surface area contributed by atoms with Crippen LogP contribution in [0.3, 0.4) is 0 Å². The van der Waals surface area contributed by atoms with Gasteiger partial charge in [-0.3, -0.25) is 9.79 Å². The van der Waals surface area contributed by atoms with Crippen molar-refractivity contribution in [3.05, 3.63) is 35.9 Å². The van der Waals surface area contributed by atoms with Crippen LogP contribution in [0, 0.1) is 0 Å². The second-order valence-electron chi connectivity index (χ2n) is 6.47. The summed E-state index contributed by atoms with van der Waals surface area (Å²) in [7, 11) is 3.77. The molecule has 1 saturated carbocycles. The molecule has 1 aromatic carbocycles. The minimum atomic E-state index is 0.135. The maximum atomic E-state index is 12.0. The third-order valence-corrected chi connectivity index (χ3v) is 4.44. The van der Waals surface area contributed by atoms with Crippen LogP contribution in [0.15, 0.2) is 35.3 Å². The first-order chi connectivity index (χ1) is 11.7. The maximum absolute atomic E-state index is 12.0. The van der Waals surface area contributed by atoms with Crippen molar-refractivity contribution in [2.45, 2.75) is 51.1 Å². The smallest absolute Gasteiger partial charge is 0.221 e. The van der Waals surface area contributed by atoms with Gasteiger partial charge < -0.3 is 15.5 Å². The zero-order chi connectivity index (χ0) is 17.2. The van der Waals surface area contributed by atoms with E-state index in [1.54, 1.807) is 7.05 Å². The zero-order valence-electron chi connectivity index (χ0n) is 14.9. The van der Waals surface area contributed by atoms with Gasteiger partial charge in [0.1, 0.15) is 0 Å². The Labute approximate surface area is 145 Å². The van der Waals surface area contributed by atoms with Crippen molar-refractivity contribution in [2.24, 2.45) is 4.99 Å². The molecule has 1 aromatic rings. The van der Waals surface area contributed by atoms with Gasteiger partial charge in [-0.25, -0.2) is 0 Å². The van der Waals surface area contributed by atoms with Crippen molar-refractivity contribution in [1.82, 2.24) is 15.5 Å². The maximum Gasteiger partial charge on any atom is 0.221 e. The van der Waals surface area contributed by atoms with E-state index in [2.05, 4.69) is 32.7 Å². The number of nitrogens with one attached hydrogen (secondary N) is 2. The predicted octanol–water partition coefficient (Wildman–Crippen LogP) is 2.53. The van der Waals surface area contributed by atoms with Crippen molar-refractivity contribution in [1.29, 1.82) is 0 Å². The van der Waals surface area contributed by atoms with Crippen LogP contribution in [-0.2, 0) is 11.3 Å². The summed E-state index contributed by atoms with van der Waals surface area (Å²) in [4.78, 5) is 18.4. The number of carbonyl (C=O) groups excluding carboxylic acids is 1. The van der Waals surface area contributed by atoms with Crippen molar-refractivity contribution in [2.75, 3.05) is 20.6 Å². The molecule has 1 aliphatic rings. The van der Waals surface area contributed by atoms with Gasteiger partial charge >= 0.3 is 0 Å². The fourth-order valence-electron chi connectivity index (χ4n) is 3.15. The molecule has 5 nitrogen and oxygen atoms in total. The first-order valence-electron chi connectivity index (χ1n) is 8.94. The Morgan fingerprint density at radius 3 is 2.58 bits per heavy atom. The lowest BCUT2D eigenvalue weighted by Gasteiger charge is -2.24. The summed E-state index contributed by atoms with van der Waals surface area (Å²) in [5.41, 5.74) is 1.23. The number of guanidine groups is 1. The van der Waals surface area contributed by atoms with Gasteiger partial charge in [-0.1, -0.05) is 49.6 Å². The van der Waals surface area contributed by atoms with E-state index in [9.17, 15) is 4.79 Å². The van der Waals surface area contributed by atoms with E-state index < -0.39 is 0 Å². The highest BCUT2D eigenvalue weighted by molar-refractivity contribution is 5.81. The summed E-state index contributed by atoms with van der Waals surface area (Å²) >= 11 is 0. The third-order valence-electron chi connectivity index (χ3n) is 4.44. The summed E-state index contributed by atoms with van der Waals surface area (Å²) in [5, 5.41) is 6.42. The Morgan fingerprint density at radius 1 is 1.21 bits per heavy atom. The average molecular weight is 330 g/mol. The molecular weight excluding hydrogens is 300 g/mol. The molecule has 0 bridgehead atoms. The number of rotatable bonds is 6. The molecule has 0 aliphatic heterocycles. The van der Waals surface area contributed by atoms with Gasteiger partial charge in [0, 0.05) is 39.6 Å². The van der Waals surface area contributed by atoms with E-state index in [0.29, 0.717) is 19.0 Å². The number of benzene rings is 1. The number of amides is 1. The number of hydrogen-bond acceptors (Lipinski definition) is 2. The first kappa shape index (κ1) is 18.3. The molecular formula is C19H30N4O. The van der Waals surface area contributed by atoms with Crippen molar-refractivity contribution in [3.63, 3.8) is 0 Å². The molecule has 0 saturated heterocycles. The van der Waals surface area contributed by atoms with Gasteiger partial charge in [0.15, 0.2) is 5.96 Å². The molecule has 0 radical (unpaired) electrons. The average Bonchev–Trinajstić information content (AvgIpc) is 2.60. The number of carbonyl (C=O) groups is 1. The van der Waals surface area contributed by atoms with Crippen LogP contribution in [0.4, 0.5) is 0 Å². The third kappa shape index (κ3) is 6.22. The lowest BCUT2D eigenvalue weighted by Crippen LogP contribution is -2.41. The van der Waals surface area contributed by atoms with Crippen molar-refractivity contribution < 1.29 is 4.79 Å². The van der Waals surface area contributed by atoms with Gasteiger partial charge in [-0.05, 0) is 18.4 Å². The summed E-state index contributed by atoms with van der Waals surface area (Å²) in [6.07, 6.45) is 6.51. The molecule has 2 N–H and O–H groups in total. The Kier molecular flexibility index (Phi) is 7.59. The molecule has 0 atom stereocenters. The molecule has 0 spiro atoms. The van der Waals surface area contributed by atoms with Gasteiger partial charge in [-0.2, -0.15) is 0 Å². The van der Waals surface area contributed by atoms with Crippen molar-refractivity contribution in [3.8, 4) is 0 Å². The number of aliphatic imine (C=N–C) groups is 1. The predicted molar refractivity (Wildman–Crippen MR) is 98.9 cm³/mol. The Hall–Kier alpha value is -2.04. The molecule has 0 heterocycles. The second-order valence-corrected chi connectivity index (χ2v) is 6.47. The van der Waals surface area contributed by atoms with Gasteiger partial charge in [0.05, 0.1) is 0 Å². The number of hydrogen-bond donors (Lipinski definition) is 2. The molecule has 132 valence electrons. The molecule has 1 amide bonds. The lowest BCUT2D eigenvalue weighted by molar-refractivity contribution is -0.121. The number of nitrogens with zero attached hydrogens (tertiary/aromatic N) is 2. The highest BCUT2D eigenvalue weighted by Crippen LogP contribution is 2.17. The van der Waals surface area contributed by atoms with E-state index >= 15 is 0 Å². The standard InChI is InChI=1S/C19H30N4O/c1-20-19(23(2)15-16-9-5-3-6-10-16)21-14-13-18(24)22-17-11-7-4-8-12-17/h3,5-6,9-10,17H,4,7-8,11-15H2,1-2H3,(H,20,21)(H,22,24). The van der Waals surface area contributed by atoms with Gasteiger partial charge in [0.25, 0.3) is 0 Å². The van der Waals surface area contributed by atoms with E-state index in [4.69, 9.17) is 0 Å². The monoisotopic (exact) mass is 330 g/mol. The topological polar surface area (TPSA) is 56.7 Å². The summed E-state index contributed by atoms with van der Waals surface area (Å²) in [6.45, 7) is 1.39. The van der Waals surface area contributed by atoms with Gasteiger partial charge in [-0.15, -0.1) is 0 Å². The minimum absolute atomic E-state index is 0.135. The normalized spacial score (nSPS) is 15.8. The molecule has 24 heavy (non-hydrogen) atoms. The van der Waals surface area contributed by atoms with Gasteiger partial charge in [0.2, 0.25) is 5.91 Å². The fraction of sp³-hybridized carbons (Fsp3) is 0.579. The van der Waals surface area contributed by atoms with Crippen LogP contribution in [-0.4, -0.2) is 43.4 Å². The summed E-state index contributed by atoms with van der Waals surface area (Å²) in [5.74, 6) is 0.944. The van der Waals surface area contributed by atoms with Crippen molar-refractivity contribution >= 4 is 11.9 Å².